The molecule has 21 heavy (non-hydrogen) atoms. The van der Waals surface area contributed by atoms with E-state index in [1.807, 2.05) is 6.20 Å². The number of H-pyrrole nitrogens is 1. The van der Waals surface area contributed by atoms with E-state index in [-0.39, 0.29) is 5.41 Å². The van der Waals surface area contributed by atoms with E-state index in [9.17, 15) is 0 Å². The Kier molecular flexibility index (Phi) is 3.71. The first-order valence-corrected chi connectivity index (χ1v) is 7.54. The summed E-state index contributed by atoms with van der Waals surface area (Å²) in [6.45, 7) is 7.81. The molecule has 0 aliphatic heterocycles. The van der Waals surface area contributed by atoms with Crippen molar-refractivity contribution in [1.82, 2.24) is 30.7 Å². The molecule has 0 saturated carbocycles. The van der Waals surface area contributed by atoms with E-state index >= 15 is 0 Å². The van der Waals surface area contributed by atoms with Crippen LogP contribution in [0.3, 0.4) is 0 Å². The van der Waals surface area contributed by atoms with Crippen LogP contribution in [-0.2, 0) is 6.42 Å². The van der Waals surface area contributed by atoms with E-state index in [4.69, 9.17) is 4.98 Å². The summed E-state index contributed by atoms with van der Waals surface area (Å²) >= 11 is 0. The van der Waals surface area contributed by atoms with Crippen molar-refractivity contribution in [3.63, 3.8) is 0 Å². The number of rotatable bonds is 4. The van der Waals surface area contributed by atoms with Gasteiger partial charge >= 0.3 is 0 Å². The van der Waals surface area contributed by atoms with Crippen molar-refractivity contribution in [3.8, 4) is 11.5 Å². The third-order valence-electron chi connectivity index (χ3n) is 3.96. The lowest BCUT2D eigenvalue weighted by atomic mass is 9.74. The van der Waals surface area contributed by atoms with Gasteiger partial charge in [-0.2, -0.15) is 15.4 Å². The van der Waals surface area contributed by atoms with Crippen LogP contribution in [0.25, 0.3) is 11.5 Å². The number of nitrogens with zero attached hydrogens (tertiary/aromatic N) is 4. The molecule has 0 amide bonds. The fraction of sp³-hybridized carbons (Fsp3) is 0.600. The largest absolute Gasteiger partial charge is 0.310 e. The quantitative estimate of drug-likeness (QED) is 0.901. The highest BCUT2D eigenvalue weighted by Gasteiger charge is 2.33. The normalized spacial score (nSPS) is 20.2. The Bertz CT molecular complexity index is 605. The minimum atomic E-state index is 0.244. The number of nitrogens with one attached hydrogen (secondary N) is 2. The van der Waals surface area contributed by atoms with Crippen LogP contribution in [0, 0.1) is 5.41 Å². The molecule has 0 fully saturated rings. The predicted molar refractivity (Wildman–Crippen MR) is 80.5 cm³/mol. The molecular weight excluding hydrogens is 264 g/mol. The van der Waals surface area contributed by atoms with Gasteiger partial charge < -0.3 is 5.32 Å². The SMILES string of the molecule is CCCNC1CC(C)(C)Cc2nc(-c3cn[nH]n3)ncc21. The molecule has 0 aromatic carbocycles. The maximum atomic E-state index is 4.74. The van der Waals surface area contributed by atoms with E-state index in [0.29, 0.717) is 17.6 Å². The summed E-state index contributed by atoms with van der Waals surface area (Å²) in [6, 6.07) is 0.343. The molecular formula is C15H22N6. The topological polar surface area (TPSA) is 79.4 Å². The number of aromatic amines is 1. The Balaban J connectivity index is 1.96. The molecule has 1 aliphatic carbocycles. The third kappa shape index (κ3) is 2.95. The summed E-state index contributed by atoms with van der Waals surface area (Å²) in [6.07, 6.45) is 6.83. The van der Waals surface area contributed by atoms with Crippen molar-refractivity contribution < 1.29 is 0 Å². The second-order valence-electron chi connectivity index (χ2n) is 6.50. The van der Waals surface area contributed by atoms with Gasteiger partial charge in [0.05, 0.1) is 6.20 Å². The first kappa shape index (κ1) is 14.1. The van der Waals surface area contributed by atoms with Crippen molar-refractivity contribution in [1.29, 1.82) is 0 Å². The molecule has 2 aromatic heterocycles. The minimum Gasteiger partial charge on any atom is -0.310 e. The number of aromatic nitrogens is 5. The Morgan fingerprint density at radius 2 is 2.24 bits per heavy atom. The van der Waals surface area contributed by atoms with Gasteiger partial charge in [0, 0.05) is 23.5 Å². The second kappa shape index (κ2) is 5.52. The zero-order valence-electron chi connectivity index (χ0n) is 12.8. The van der Waals surface area contributed by atoms with Crippen LogP contribution in [0.1, 0.15) is 50.9 Å². The zero-order valence-corrected chi connectivity index (χ0v) is 12.8. The lowest BCUT2D eigenvalue weighted by Crippen LogP contribution is -2.34. The molecule has 6 nitrogen and oxygen atoms in total. The van der Waals surface area contributed by atoms with Crippen molar-refractivity contribution >= 4 is 0 Å². The highest BCUT2D eigenvalue weighted by atomic mass is 15.3. The zero-order chi connectivity index (χ0) is 14.9. The Hall–Kier alpha value is -1.82. The lowest BCUT2D eigenvalue weighted by Gasteiger charge is -2.36. The van der Waals surface area contributed by atoms with Crippen LogP contribution in [-0.4, -0.2) is 31.9 Å². The van der Waals surface area contributed by atoms with Crippen LogP contribution in [0.2, 0.25) is 0 Å². The summed E-state index contributed by atoms with van der Waals surface area (Å²) in [4.78, 5) is 9.20. The average Bonchev–Trinajstić information content (AvgIpc) is 2.97. The molecule has 2 aromatic rings. The Morgan fingerprint density at radius 1 is 1.38 bits per heavy atom. The van der Waals surface area contributed by atoms with E-state index in [2.05, 4.69) is 46.5 Å². The molecule has 0 saturated heterocycles. The molecule has 1 atom stereocenters. The van der Waals surface area contributed by atoms with Crippen molar-refractivity contribution in [3.05, 3.63) is 23.7 Å². The standard InChI is InChI=1S/C15H22N6/c1-4-5-16-11-6-15(2,3)7-12-10(11)8-17-14(19-12)13-9-18-21-20-13/h8-9,11,16H,4-7H2,1-3H3,(H,18,20,21). The van der Waals surface area contributed by atoms with Gasteiger partial charge in [-0.3, -0.25) is 0 Å². The molecule has 1 unspecified atom stereocenters. The van der Waals surface area contributed by atoms with E-state index in [1.54, 1.807) is 6.20 Å². The molecule has 2 N–H and O–H groups in total. The molecule has 1 aliphatic rings. The molecule has 2 heterocycles. The number of fused-ring (bicyclic) bond motifs is 1. The van der Waals surface area contributed by atoms with Crippen LogP contribution in [0.4, 0.5) is 0 Å². The van der Waals surface area contributed by atoms with Crippen LogP contribution >= 0.6 is 0 Å². The monoisotopic (exact) mass is 286 g/mol. The first-order valence-electron chi connectivity index (χ1n) is 7.54. The van der Waals surface area contributed by atoms with Gasteiger partial charge in [-0.25, -0.2) is 9.97 Å². The highest BCUT2D eigenvalue weighted by Crippen LogP contribution is 2.40. The highest BCUT2D eigenvalue weighted by molar-refractivity contribution is 5.47. The van der Waals surface area contributed by atoms with Gasteiger partial charge in [0.1, 0.15) is 5.69 Å². The molecule has 0 spiro atoms. The summed E-state index contributed by atoms with van der Waals surface area (Å²) in [7, 11) is 0. The van der Waals surface area contributed by atoms with Crippen LogP contribution < -0.4 is 5.32 Å². The van der Waals surface area contributed by atoms with Gasteiger partial charge in [0.25, 0.3) is 0 Å². The first-order chi connectivity index (χ1) is 10.1. The number of hydrogen-bond acceptors (Lipinski definition) is 5. The van der Waals surface area contributed by atoms with E-state index in [0.717, 1.165) is 31.5 Å². The fourth-order valence-electron chi connectivity index (χ4n) is 2.98. The molecule has 3 rings (SSSR count). The van der Waals surface area contributed by atoms with Gasteiger partial charge in [-0.05, 0) is 31.2 Å². The summed E-state index contributed by atoms with van der Waals surface area (Å²) in [5.74, 6) is 0.648. The second-order valence-corrected chi connectivity index (χ2v) is 6.50. The van der Waals surface area contributed by atoms with Crippen LogP contribution in [0.15, 0.2) is 12.4 Å². The summed E-state index contributed by atoms with van der Waals surface area (Å²) in [5, 5.41) is 14.1. The van der Waals surface area contributed by atoms with Gasteiger partial charge in [-0.1, -0.05) is 20.8 Å². The molecule has 112 valence electrons. The fourth-order valence-corrected chi connectivity index (χ4v) is 2.98. The maximum absolute atomic E-state index is 4.74. The van der Waals surface area contributed by atoms with Gasteiger partial charge in [-0.15, -0.1) is 0 Å². The van der Waals surface area contributed by atoms with E-state index in [1.165, 1.54) is 5.56 Å². The molecule has 0 radical (unpaired) electrons. The van der Waals surface area contributed by atoms with Gasteiger partial charge in [0.15, 0.2) is 5.82 Å². The molecule has 0 bridgehead atoms. The summed E-state index contributed by atoms with van der Waals surface area (Å²) < 4.78 is 0. The summed E-state index contributed by atoms with van der Waals surface area (Å²) in [5.41, 5.74) is 3.30. The van der Waals surface area contributed by atoms with Crippen molar-refractivity contribution in [2.45, 2.75) is 46.1 Å². The molecule has 6 heteroatoms. The predicted octanol–water partition coefficient (Wildman–Crippen LogP) is 2.27. The van der Waals surface area contributed by atoms with Gasteiger partial charge in [0.2, 0.25) is 0 Å². The van der Waals surface area contributed by atoms with Crippen LogP contribution in [0.5, 0.6) is 0 Å². The third-order valence-corrected chi connectivity index (χ3v) is 3.96. The minimum absolute atomic E-state index is 0.244. The maximum Gasteiger partial charge on any atom is 0.181 e. The van der Waals surface area contributed by atoms with Crippen molar-refractivity contribution in [2.75, 3.05) is 6.54 Å². The lowest BCUT2D eigenvalue weighted by molar-refractivity contribution is 0.254. The smallest absolute Gasteiger partial charge is 0.181 e. The number of hydrogen-bond donors (Lipinski definition) is 2. The Morgan fingerprint density at radius 3 is 2.95 bits per heavy atom. The van der Waals surface area contributed by atoms with Crippen molar-refractivity contribution in [2.24, 2.45) is 5.41 Å². The average molecular weight is 286 g/mol. The Labute approximate surface area is 124 Å². The van der Waals surface area contributed by atoms with E-state index < -0.39 is 0 Å².